The van der Waals surface area contributed by atoms with Crippen molar-refractivity contribution in [2.75, 3.05) is 33.8 Å². The first-order valence-electron chi connectivity index (χ1n) is 9.44. The van der Waals surface area contributed by atoms with Gasteiger partial charge in [0.25, 0.3) is 0 Å². The van der Waals surface area contributed by atoms with Crippen LogP contribution >= 0.6 is 0 Å². The number of nitrogens with one attached hydrogen (secondary N) is 2. The first-order chi connectivity index (χ1) is 12.8. The van der Waals surface area contributed by atoms with E-state index in [-0.39, 0.29) is 12.5 Å². The van der Waals surface area contributed by atoms with Crippen molar-refractivity contribution in [3.63, 3.8) is 0 Å². The van der Waals surface area contributed by atoms with E-state index in [1.54, 1.807) is 19.0 Å². The summed E-state index contributed by atoms with van der Waals surface area (Å²) in [5, 5.41) is 6.29. The minimum absolute atomic E-state index is 0.0105. The molecule has 0 spiro atoms. The standard InChI is InChI=1S/C21H32N4O2/c1-15(2)11-22-21(24-13-20(26)25(4)5)23-12-18-9-6-16(3)10-19(18)27-14-17-7-8-17/h6,9-10,17H,1,7-8,11-14H2,2-5H3,(H2,22,23,24). The average molecular weight is 373 g/mol. The van der Waals surface area contributed by atoms with E-state index in [2.05, 4.69) is 47.3 Å². The number of hydrogen-bond donors (Lipinski definition) is 2. The molecule has 27 heavy (non-hydrogen) atoms. The van der Waals surface area contributed by atoms with Crippen LogP contribution in [0.15, 0.2) is 35.3 Å². The molecule has 0 aliphatic heterocycles. The van der Waals surface area contributed by atoms with E-state index in [9.17, 15) is 4.79 Å². The van der Waals surface area contributed by atoms with Crippen molar-refractivity contribution < 1.29 is 9.53 Å². The molecule has 0 bridgehead atoms. The normalized spacial score (nSPS) is 13.9. The van der Waals surface area contributed by atoms with Crippen LogP contribution in [0.1, 0.15) is 30.9 Å². The predicted octanol–water partition coefficient (Wildman–Crippen LogP) is 2.48. The lowest BCUT2D eigenvalue weighted by Gasteiger charge is -2.16. The van der Waals surface area contributed by atoms with Crippen LogP contribution in [0.4, 0.5) is 0 Å². The zero-order valence-electron chi connectivity index (χ0n) is 17.0. The van der Waals surface area contributed by atoms with Crippen molar-refractivity contribution in [2.24, 2.45) is 10.9 Å². The van der Waals surface area contributed by atoms with E-state index in [0.717, 1.165) is 23.5 Å². The molecule has 0 radical (unpaired) electrons. The molecule has 148 valence electrons. The van der Waals surface area contributed by atoms with Crippen LogP contribution in [0.5, 0.6) is 5.75 Å². The number of aryl methyl sites for hydroxylation is 1. The molecule has 2 N–H and O–H groups in total. The van der Waals surface area contributed by atoms with Crippen molar-refractivity contribution in [1.82, 2.24) is 15.5 Å². The van der Waals surface area contributed by atoms with Gasteiger partial charge in [-0.2, -0.15) is 0 Å². The highest BCUT2D eigenvalue weighted by Crippen LogP contribution is 2.30. The summed E-state index contributed by atoms with van der Waals surface area (Å²) in [6, 6.07) is 6.19. The molecule has 1 saturated carbocycles. The second kappa shape index (κ2) is 10.00. The van der Waals surface area contributed by atoms with Gasteiger partial charge in [-0.15, -0.1) is 0 Å². The largest absolute Gasteiger partial charge is 0.493 e. The summed E-state index contributed by atoms with van der Waals surface area (Å²) in [4.78, 5) is 18.0. The quantitative estimate of drug-likeness (QED) is 0.397. The van der Waals surface area contributed by atoms with Crippen molar-refractivity contribution in [3.8, 4) is 5.75 Å². The van der Waals surface area contributed by atoms with E-state index in [0.29, 0.717) is 25.0 Å². The van der Waals surface area contributed by atoms with Crippen LogP contribution in [0, 0.1) is 12.8 Å². The molecule has 0 unspecified atom stereocenters. The van der Waals surface area contributed by atoms with Gasteiger partial charge >= 0.3 is 0 Å². The van der Waals surface area contributed by atoms with E-state index < -0.39 is 0 Å². The van der Waals surface area contributed by atoms with Gasteiger partial charge in [0.15, 0.2) is 5.96 Å². The third-order valence-electron chi connectivity index (χ3n) is 4.27. The maximum atomic E-state index is 11.8. The Morgan fingerprint density at radius 3 is 2.63 bits per heavy atom. The van der Waals surface area contributed by atoms with Crippen molar-refractivity contribution in [2.45, 2.75) is 33.2 Å². The molecule has 2 rings (SSSR count). The zero-order valence-corrected chi connectivity index (χ0v) is 17.0. The maximum absolute atomic E-state index is 11.8. The summed E-state index contributed by atoms with van der Waals surface area (Å²) < 4.78 is 6.02. The fourth-order valence-corrected chi connectivity index (χ4v) is 2.31. The monoisotopic (exact) mass is 372 g/mol. The van der Waals surface area contributed by atoms with Gasteiger partial charge in [-0.05, 0) is 44.2 Å². The number of hydrogen-bond acceptors (Lipinski definition) is 3. The predicted molar refractivity (Wildman–Crippen MR) is 110 cm³/mol. The molecular weight excluding hydrogens is 340 g/mol. The molecule has 0 atom stereocenters. The fourth-order valence-electron chi connectivity index (χ4n) is 2.31. The number of guanidine groups is 1. The highest BCUT2D eigenvalue weighted by molar-refractivity contribution is 5.86. The Kier molecular flexibility index (Phi) is 7.70. The van der Waals surface area contributed by atoms with E-state index in [4.69, 9.17) is 4.74 Å². The van der Waals surface area contributed by atoms with Gasteiger partial charge in [-0.3, -0.25) is 4.79 Å². The second-order valence-corrected chi connectivity index (χ2v) is 7.48. The number of amides is 1. The molecular formula is C21H32N4O2. The van der Waals surface area contributed by atoms with Gasteiger partial charge in [0, 0.05) is 26.2 Å². The molecule has 0 saturated heterocycles. The Labute approximate surface area is 162 Å². The van der Waals surface area contributed by atoms with E-state index in [1.165, 1.54) is 18.4 Å². The Morgan fingerprint density at radius 1 is 1.30 bits per heavy atom. The summed E-state index contributed by atoms with van der Waals surface area (Å²) >= 11 is 0. The Hall–Kier alpha value is -2.50. The molecule has 0 heterocycles. The molecule has 1 aliphatic carbocycles. The molecule has 1 fully saturated rings. The van der Waals surface area contributed by atoms with Crippen LogP contribution in [0.25, 0.3) is 0 Å². The highest BCUT2D eigenvalue weighted by atomic mass is 16.5. The molecule has 6 heteroatoms. The van der Waals surface area contributed by atoms with E-state index in [1.807, 2.05) is 6.92 Å². The number of aliphatic imine (C=N–C) groups is 1. The van der Waals surface area contributed by atoms with Gasteiger partial charge < -0.3 is 20.3 Å². The highest BCUT2D eigenvalue weighted by Gasteiger charge is 2.22. The number of carbonyl (C=O) groups is 1. The van der Waals surface area contributed by atoms with Crippen LogP contribution < -0.4 is 15.4 Å². The number of carbonyl (C=O) groups excluding carboxylic acids is 1. The van der Waals surface area contributed by atoms with Gasteiger partial charge in [0.2, 0.25) is 5.91 Å². The first kappa shape index (κ1) is 20.8. The molecule has 1 amide bonds. The Balaban J connectivity index is 2.05. The lowest BCUT2D eigenvalue weighted by Crippen LogP contribution is -2.43. The van der Waals surface area contributed by atoms with Gasteiger partial charge in [0.05, 0.1) is 19.7 Å². The maximum Gasteiger partial charge on any atom is 0.241 e. The lowest BCUT2D eigenvalue weighted by molar-refractivity contribution is -0.127. The summed E-state index contributed by atoms with van der Waals surface area (Å²) in [7, 11) is 3.47. The SMILES string of the molecule is C=C(C)CNC(=NCc1ccc(C)cc1OCC1CC1)NCC(=O)N(C)C. The molecule has 6 nitrogen and oxygen atoms in total. The Bertz CT molecular complexity index is 693. The average Bonchev–Trinajstić information content (AvgIpc) is 3.44. The number of ether oxygens (including phenoxy) is 1. The zero-order chi connectivity index (χ0) is 19.8. The molecule has 0 aromatic heterocycles. The fraction of sp³-hybridized carbons (Fsp3) is 0.524. The minimum Gasteiger partial charge on any atom is -0.493 e. The minimum atomic E-state index is -0.0105. The van der Waals surface area contributed by atoms with Crippen molar-refractivity contribution in [1.29, 1.82) is 0 Å². The smallest absolute Gasteiger partial charge is 0.241 e. The third kappa shape index (κ3) is 7.72. The van der Waals surface area contributed by atoms with Crippen LogP contribution in [-0.4, -0.2) is 50.6 Å². The van der Waals surface area contributed by atoms with Gasteiger partial charge in [-0.1, -0.05) is 24.3 Å². The van der Waals surface area contributed by atoms with Crippen LogP contribution in [-0.2, 0) is 11.3 Å². The van der Waals surface area contributed by atoms with Gasteiger partial charge in [0.1, 0.15) is 5.75 Å². The number of nitrogens with zero attached hydrogens (tertiary/aromatic N) is 2. The lowest BCUT2D eigenvalue weighted by atomic mass is 10.1. The van der Waals surface area contributed by atoms with Crippen LogP contribution in [0.2, 0.25) is 0 Å². The summed E-state index contributed by atoms with van der Waals surface area (Å²) in [6.07, 6.45) is 2.52. The number of benzene rings is 1. The Morgan fingerprint density at radius 2 is 2.00 bits per heavy atom. The molecule has 1 aromatic rings. The first-order valence-corrected chi connectivity index (χ1v) is 9.44. The second-order valence-electron chi connectivity index (χ2n) is 7.48. The topological polar surface area (TPSA) is 66.0 Å². The molecule has 1 aliphatic rings. The number of likely N-dealkylation sites (N-methyl/N-ethyl adjacent to an activating group) is 1. The number of rotatable bonds is 9. The third-order valence-corrected chi connectivity index (χ3v) is 4.27. The summed E-state index contributed by atoms with van der Waals surface area (Å²) in [6.45, 7) is 9.94. The van der Waals surface area contributed by atoms with Crippen LogP contribution in [0.3, 0.4) is 0 Å². The molecule has 1 aromatic carbocycles. The van der Waals surface area contributed by atoms with Crippen molar-refractivity contribution >= 4 is 11.9 Å². The van der Waals surface area contributed by atoms with Crippen molar-refractivity contribution in [3.05, 3.63) is 41.5 Å². The summed E-state index contributed by atoms with van der Waals surface area (Å²) in [5.41, 5.74) is 3.20. The van der Waals surface area contributed by atoms with E-state index >= 15 is 0 Å². The summed E-state index contributed by atoms with van der Waals surface area (Å²) in [5.74, 6) is 2.17. The van der Waals surface area contributed by atoms with Gasteiger partial charge in [-0.25, -0.2) is 4.99 Å².